The van der Waals surface area contributed by atoms with Gasteiger partial charge in [0.2, 0.25) is 0 Å². The molecule has 0 aliphatic heterocycles. The van der Waals surface area contributed by atoms with Crippen LogP contribution in [0.1, 0.15) is 33.6 Å². The molecule has 6 nitrogen and oxygen atoms in total. The summed E-state index contributed by atoms with van der Waals surface area (Å²) in [4.78, 5) is 28.4. The number of carboxylic acids is 1. The second kappa shape index (κ2) is 10.3. The first-order valence-electron chi connectivity index (χ1n) is 10.1. The van der Waals surface area contributed by atoms with Crippen LogP contribution >= 0.6 is 0 Å². The number of nitrogens with one attached hydrogen (secondary N) is 1. The van der Waals surface area contributed by atoms with Crippen molar-refractivity contribution in [3.63, 3.8) is 0 Å². The third-order valence-electron chi connectivity index (χ3n) is 4.88. The lowest BCUT2D eigenvalue weighted by Gasteiger charge is -2.13. The Kier molecular flexibility index (Phi) is 7.44. The fraction of sp³-hybridized carbons (Fsp3) is 0.208. The van der Waals surface area contributed by atoms with Crippen LogP contribution in [0.15, 0.2) is 60.7 Å². The number of carboxylic acid groups (broad SMARTS) is 1. The summed E-state index contributed by atoms with van der Waals surface area (Å²) in [5.74, 6) is -1.72. The van der Waals surface area contributed by atoms with Crippen LogP contribution in [-0.2, 0) is 24.2 Å². The number of amides is 1. The molecule has 4 N–H and O–H groups in total. The third kappa shape index (κ3) is 6.88. The van der Waals surface area contributed by atoms with Crippen molar-refractivity contribution >= 4 is 17.6 Å². The number of para-hydroxylation sites is 1. The number of carbonyl (C=O) groups excluding carboxylic acids is 1. The molecule has 3 rings (SSSR count). The number of benzene rings is 2. The van der Waals surface area contributed by atoms with E-state index in [0.29, 0.717) is 28.1 Å². The molecule has 3 aromatic rings. The third-order valence-corrected chi connectivity index (χ3v) is 4.88. The molecule has 172 valence electrons. The number of nitrogens with two attached hydrogens (primary N) is 1. The van der Waals surface area contributed by atoms with Crippen LogP contribution in [0.5, 0.6) is 0 Å². The summed E-state index contributed by atoms with van der Waals surface area (Å²) < 4.78 is 38.4. The lowest BCUT2D eigenvalue weighted by molar-refractivity contribution is -0.136. The minimum atomic E-state index is -4.35. The summed E-state index contributed by atoms with van der Waals surface area (Å²) in [6.45, 7) is 0.273. The van der Waals surface area contributed by atoms with Gasteiger partial charge in [0.25, 0.3) is 5.91 Å². The van der Waals surface area contributed by atoms with Crippen LogP contribution in [0.25, 0.3) is 11.3 Å². The monoisotopic (exact) mass is 457 g/mol. The molecular weight excluding hydrogens is 435 g/mol. The van der Waals surface area contributed by atoms with E-state index in [0.717, 1.165) is 5.56 Å². The molecule has 9 heteroatoms. The smallest absolute Gasteiger partial charge is 0.389 e. The normalized spacial score (nSPS) is 11.3. The number of carbonyl (C=O) groups is 2. The highest BCUT2D eigenvalue weighted by Gasteiger charge is 2.27. The molecule has 0 saturated heterocycles. The Morgan fingerprint density at radius 2 is 1.76 bits per heavy atom. The molecule has 1 heterocycles. The molecule has 0 spiro atoms. The predicted molar refractivity (Wildman–Crippen MR) is 118 cm³/mol. The van der Waals surface area contributed by atoms with E-state index < -0.39 is 24.5 Å². The number of alkyl halides is 3. The Bertz CT molecular complexity index is 1160. The van der Waals surface area contributed by atoms with E-state index in [1.165, 1.54) is 12.1 Å². The maximum atomic E-state index is 12.9. The van der Waals surface area contributed by atoms with Crippen LogP contribution in [0.2, 0.25) is 0 Å². The summed E-state index contributed by atoms with van der Waals surface area (Å²) in [6.07, 6.45) is -6.00. The number of nitrogens with zero attached hydrogens (tertiary/aromatic N) is 1. The largest absolute Gasteiger partial charge is 0.481 e. The molecule has 0 aliphatic carbocycles. The predicted octanol–water partition coefficient (Wildman–Crippen LogP) is 4.58. The zero-order valence-corrected chi connectivity index (χ0v) is 17.5. The van der Waals surface area contributed by atoms with Gasteiger partial charge in [0.15, 0.2) is 0 Å². The first kappa shape index (κ1) is 23.9. The summed E-state index contributed by atoms with van der Waals surface area (Å²) in [5, 5.41) is 11.7. The minimum Gasteiger partial charge on any atom is -0.481 e. The minimum absolute atomic E-state index is 0.0760. The van der Waals surface area contributed by atoms with Gasteiger partial charge in [0.05, 0.1) is 12.1 Å². The number of halogens is 3. The van der Waals surface area contributed by atoms with Gasteiger partial charge in [-0.2, -0.15) is 13.2 Å². The summed E-state index contributed by atoms with van der Waals surface area (Å²) in [5.41, 5.74) is 8.36. The van der Waals surface area contributed by atoms with Gasteiger partial charge >= 0.3 is 12.1 Å². The molecule has 0 unspecified atom stereocenters. The number of aliphatic carboxylic acids is 1. The highest BCUT2D eigenvalue weighted by Crippen LogP contribution is 2.26. The van der Waals surface area contributed by atoms with Crippen molar-refractivity contribution < 1.29 is 27.9 Å². The first-order valence-corrected chi connectivity index (χ1v) is 10.1. The highest BCUT2D eigenvalue weighted by molar-refractivity contribution is 6.04. The maximum absolute atomic E-state index is 12.9. The van der Waals surface area contributed by atoms with Crippen molar-refractivity contribution in [1.29, 1.82) is 0 Å². The number of rotatable bonds is 8. The Balaban J connectivity index is 1.97. The Morgan fingerprint density at radius 3 is 2.45 bits per heavy atom. The number of aromatic nitrogens is 1. The van der Waals surface area contributed by atoms with Crippen molar-refractivity contribution in [1.82, 2.24) is 4.98 Å². The quantitative estimate of drug-likeness (QED) is 0.459. The molecule has 0 radical (unpaired) electrons. The molecule has 0 atom stereocenters. The van der Waals surface area contributed by atoms with Gasteiger partial charge in [0.1, 0.15) is 5.69 Å². The number of anilines is 1. The Hall–Kier alpha value is -3.72. The van der Waals surface area contributed by atoms with Crippen LogP contribution in [0, 0.1) is 0 Å². The average Bonchev–Trinajstić information content (AvgIpc) is 2.78. The number of hydrogen-bond acceptors (Lipinski definition) is 4. The average molecular weight is 457 g/mol. The number of pyridine rings is 1. The lowest BCUT2D eigenvalue weighted by Crippen LogP contribution is -2.17. The molecule has 0 saturated carbocycles. The van der Waals surface area contributed by atoms with Gasteiger partial charge in [-0.25, -0.2) is 4.98 Å². The summed E-state index contributed by atoms with van der Waals surface area (Å²) in [7, 11) is 0. The molecular formula is C24H22F3N3O3. The van der Waals surface area contributed by atoms with Gasteiger partial charge in [-0.1, -0.05) is 36.4 Å². The van der Waals surface area contributed by atoms with Gasteiger partial charge in [-0.15, -0.1) is 0 Å². The Labute approximate surface area is 188 Å². The zero-order chi connectivity index (χ0) is 24.0. The van der Waals surface area contributed by atoms with Gasteiger partial charge in [-0.05, 0) is 47.4 Å². The molecule has 1 amide bonds. The maximum Gasteiger partial charge on any atom is 0.389 e. The first-order chi connectivity index (χ1) is 15.6. The number of hydrogen-bond donors (Lipinski definition) is 3. The van der Waals surface area contributed by atoms with E-state index in [2.05, 4.69) is 10.3 Å². The van der Waals surface area contributed by atoms with E-state index >= 15 is 0 Å². The molecule has 0 aliphatic rings. The molecule has 1 aromatic heterocycles. The Morgan fingerprint density at radius 1 is 1.00 bits per heavy atom. The molecule has 0 bridgehead atoms. The van der Waals surface area contributed by atoms with Gasteiger partial charge in [0, 0.05) is 24.2 Å². The van der Waals surface area contributed by atoms with Crippen molar-refractivity contribution in [2.24, 2.45) is 5.73 Å². The van der Waals surface area contributed by atoms with Gasteiger partial charge < -0.3 is 16.2 Å². The lowest BCUT2D eigenvalue weighted by atomic mass is 10.0. The molecule has 0 fully saturated rings. The molecule has 33 heavy (non-hydrogen) atoms. The van der Waals surface area contributed by atoms with E-state index in [1.807, 2.05) is 6.07 Å². The van der Waals surface area contributed by atoms with Crippen LogP contribution in [0.4, 0.5) is 18.9 Å². The van der Waals surface area contributed by atoms with Crippen molar-refractivity contribution in [3.05, 3.63) is 83.0 Å². The fourth-order valence-electron chi connectivity index (χ4n) is 3.29. The van der Waals surface area contributed by atoms with Crippen molar-refractivity contribution in [2.45, 2.75) is 32.0 Å². The second-order valence-corrected chi connectivity index (χ2v) is 7.45. The fourth-order valence-corrected chi connectivity index (χ4v) is 3.29. The van der Waals surface area contributed by atoms with Gasteiger partial charge in [-0.3, -0.25) is 9.59 Å². The topological polar surface area (TPSA) is 105 Å². The van der Waals surface area contributed by atoms with Crippen LogP contribution in [-0.4, -0.2) is 28.1 Å². The van der Waals surface area contributed by atoms with E-state index in [9.17, 15) is 22.8 Å². The summed E-state index contributed by atoms with van der Waals surface area (Å²) in [6, 6.07) is 16.3. The van der Waals surface area contributed by atoms with Crippen molar-refractivity contribution in [3.8, 4) is 11.3 Å². The SMILES string of the molecule is NCc1cccc(-c2cc(CCC(F)(F)F)cc(C(=O)Nc3ccccc3CC(=O)O)n2)c1. The second-order valence-electron chi connectivity index (χ2n) is 7.45. The summed E-state index contributed by atoms with van der Waals surface area (Å²) >= 11 is 0. The zero-order valence-electron chi connectivity index (χ0n) is 17.5. The van der Waals surface area contributed by atoms with E-state index in [4.69, 9.17) is 10.8 Å². The van der Waals surface area contributed by atoms with E-state index in [1.54, 1.807) is 42.5 Å². The molecule has 2 aromatic carbocycles. The van der Waals surface area contributed by atoms with E-state index in [-0.39, 0.29) is 25.1 Å². The van der Waals surface area contributed by atoms with Crippen LogP contribution in [0.3, 0.4) is 0 Å². The standard InChI is InChI=1S/C24H22F3N3O3/c25-24(26,27)9-8-15-11-20(17-6-3-4-16(10-17)14-28)29-21(12-15)23(33)30-19-7-2-1-5-18(19)13-22(31)32/h1-7,10-12H,8-9,13-14,28H2,(H,30,33)(H,31,32). The van der Waals surface area contributed by atoms with Crippen molar-refractivity contribution in [2.75, 3.05) is 5.32 Å². The highest BCUT2D eigenvalue weighted by atomic mass is 19.4. The number of aryl methyl sites for hydroxylation is 1. The van der Waals surface area contributed by atoms with Crippen LogP contribution < -0.4 is 11.1 Å².